The zero-order valence-electron chi connectivity index (χ0n) is 10.1. The third kappa shape index (κ3) is 2.77. The highest BCUT2D eigenvalue weighted by Crippen LogP contribution is 2.27. The molecule has 0 fully saturated rings. The van der Waals surface area contributed by atoms with E-state index in [0.717, 1.165) is 23.2 Å². The molecule has 0 bridgehead atoms. The first-order chi connectivity index (χ1) is 8.74. The number of pyridine rings is 1. The Morgan fingerprint density at radius 2 is 1.83 bits per heavy atom. The van der Waals surface area contributed by atoms with Gasteiger partial charge in [0.1, 0.15) is 0 Å². The Morgan fingerprint density at radius 1 is 1.17 bits per heavy atom. The summed E-state index contributed by atoms with van der Waals surface area (Å²) in [5, 5.41) is 0. The molecule has 2 nitrogen and oxygen atoms in total. The van der Waals surface area contributed by atoms with Crippen molar-refractivity contribution in [2.24, 2.45) is 0 Å². The Morgan fingerprint density at radius 3 is 2.33 bits per heavy atom. The number of rotatable bonds is 3. The van der Waals surface area contributed by atoms with E-state index in [1.807, 2.05) is 36.5 Å². The van der Waals surface area contributed by atoms with Gasteiger partial charge in [-0.3, -0.25) is 4.98 Å². The van der Waals surface area contributed by atoms with Gasteiger partial charge < -0.3 is 0 Å². The molecular weight excluding hydrogens is 288 g/mol. The minimum atomic E-state index is 0.316. The smallest absolute Gasteiger partial charge is 0.187 e. The molecule has 0 spiro atoms. The van der Waals surface area contributed by atoms with Crippen LogP contribution in [0, 0.1) is 6.57 Å². The summed E-state index contributed by atoms with van der Waals surface area (Å²) >= 11 is 3.59. The van der Waals surface area contributed by atoms with Gasteiger partial charge in [0.2, 0.25) is 0 Å². The fraction of sp³-hybridized carbons (Fsp3) is 0.200. The average molecular weight is 301 g/mol. The van der Waals surface area contributed by atoms with Gasteiger partial charge in [-0.2, -0.15) is 0 Å². The molecule has 0 N–H and O–H groups in total. The zero-order chi connectivity index (χ0) is 13.0. The van der Waals surface area contributed by atoms with E-state index in [2.05, 4.69) is 38.7 Å². The van der Waals surface area contributed by atoms with Gasteiger partial charge in [0.25, 0.3) is 0 Å². The number of halogens is 1. The second kappa shape index (κ2) is 5.79. The first-order valence-electron chi connectivity index (χ1n) is 5.82. The van der Waals surface area contributed by atoms with E-state index in [-0.39, 0.29) is 0 Å². The molecule has 0 radical (unpaired) electrons. The highest BCUT2D eigenvalue weighted by atomic mass is 79.9. The monoisotopic (exact) mass is 300 g/mol. The SMILES string of the molecule is [C-]#[N+]c1ccc(-c2ccc(C(Br)CC)nc2)cc1. The fourth-order valence-corrected chi connectivity index (χ4v) is 1.97. The van der Waals surface area contributed by atoms with Gasteiger partial charge in [0.15, 0.2) is 5.69 Å². The Labute approximate surface area is 116 Å². The van der Waals surface area contributed by atoms with Crippen molar-refractivity contribution in [2.45, 2.75) is 18.2 Å². The topological polar surface area (TPSA) is 17.2 Å². The van der Waals surface area contributed by atoms with Crippen molar-refractivity contribution in [3.63, 3.8) is 0 Å². The lowest BCUT2D eigenvalue weighted by Gasteiger charge is -2.07. The Hall–Kier alpha value is -1.66. The molecule has 90 valence electrons. The number of hydrogen-bond acceptors (Lipinski definition) is 1. The second-order valence-corrected chi connectivity index (χ2v) is 5.11. The van der Waals surface area contributed by atoms with Gasteiger partial charge >= 0.3 is 0 Å². The van der Waals surface area contributed by atoms with Crippen molar-refractivity contribution in [2.75, 3.05) is 0 Å². The van der Waals surface area contributed by atoms with E-state index >= 15 is 0 Å². The van der Waals surface area contributed by atoms with Crippen LogP contribution in [-0.2, 0) is 0 Å². The molecule has 1 heterocycles. The van der Waals surface area contributed by atoms with E-state index in [4.69, 9.17) is 6.57 Å². The number of benzene rings is 1. The standard InChI is InChI=1S/C15H13BrN2/c1-3-14(16)15-9-6-12(10-18-15)11-4-7-13(17-2)8-5-11/h4-10,14H,3H2,1H3. The Bertz CT molecular complexity index is 553. The predicted molar refractivity (Wildman–Crippen MR) is 77.9 cm³/mol. The third-order valence-electron chi connectivity index (χ3n) is 2.80. The van der Waals surface area contributed by atoms with E-state index in [1.54, 1.807) is 0 Å². The van der Waals surface area contributed by atoms with Crippen molar-refractivity contribution in [3.05, 3.63) is 59.7 Å². The summed E-state index contributed by atoms with van der Waals surface area (Å²) in [5.74, 6) is 0. The summed E-state index contributed by atoms with van der Waals surface area (Å²) in [6.07, 6.45) is 2.90. The first-order valence-corrected chi connectivity index (χ1v) is 6.74. The molecule has 1 atom stereocenters. The number of hydrogen-bond donors (Lipinski definition) is 0. The van der Waals surface area contributed by atoms with Crippen LogP contribution in [0.4, 0.5) is 5.69 Å². The molecule has 3 heteroatoms. The van der Waals surface area contributed by atoms with Crippen LogP contribution < -0.4 is 0 Å². The van der Waals surface area contributed by atoms with Gasteiger partial charge in [-0.1, -0.05) is 53.2 Å². The molecule has 1 aromatic heterocycles. The maximum atomic E-state index is 6.92. The molecule has 0 aliphatic carbocycles. The van der Waals surface area contributed by atoms with Crippen LogP contribution in [0.5, 0.6) is 0 Å². The van der Waals surface area contributed by atoms with Crippen LogP contribution in [0.15, 0.2) is 42.6 Å². The highest BCUT2D eigenvalue weighted by molar-refractivity contribution is 9.09. The molecule has 0 amide bonds. The van der Waals surface area contributed by atoms with Crippen LogP contribution in [0.25, 0.3) is 16.0 Å². The van der Waals surface area contributed by atoms with Crippen LogP contribution >= 0.6 is 15.9 Å². The molecule has 2 rings (SSSR count). The molecule has 0 saturated heterocycles. The third-order valence-corrected chi connectivity index (χ3v) is 3.91. The minimum Gasteiger partial charge on any atom is -0.259 e. The summed E-state index contributed by atoms with van der Waals surface area (Å²) in [6.45, 7) is 9.05. The minimum absolute atomic E-state index is 0.316. The van der Waals surface area contributed by atoms with Crippen LogP contribution in [0.2, 0.25) is 0 Å². The highest BCUT2D eigenvalue weighted by Gasteiger charge is 2.06. The Kier molecular flexibility index (Phi) is 4.11. The van der Waals surface area contributed by atoms with E-state index in [9.17, 15) is 0 Å². The van der Waals surface area contributed by atoms with Gasteiger partial charge in [0, 0.05) is 6.20 Å². The quantitative estimate of drug-likeness (QED) is 0.566. The van der Waals surface area contributed by atoms with Gasteiger partial charge in [-0.05, 0) is 23.6 Å². The zero-order valence-corrected chi connectivity index (χ0v) is 11.7. The van der Waals surface area contributed by atoms with Crippen LogP contribution in [-0.4, -0.2) is 4.98 Å². The van der Waals surface area contributed by atoms with E-state index in [0.29, 0.717) is 10.5 Å². The van der Waals surface area contributed by atoms with Gasteiger partial charge in [0.05, 0.1) is 17.1 Å². The number of aromatic nitrogens is 1. The van der Waals surface area contributed by atoms with Crippen molar-refractivity contribution < 1.29 is 0 Å². The largest absolute Gasteiger partial charge is 0.259 e. The molecule has 0 saturated carbocycles. The van der Waals surface area contributed by atoms with Crippen molar-refractivity contribution in [3.8, 4) is 11.1 Å². The molecule has 1 aromatic carbocycles. The van der Waals surface area contributed by atoms with E-state index < -0.39 is 0 Å². The normalized spacial score (nSPS) is 11.8. The maximum absolute atomic E-state index is 6.92. The molecular formula is C15H13BrN2. The summed E-state index contributed by atoms with van der Waals surface area (Å²) in [6, 6.07) is 11.7. The van der Waals surface area contributed by atoms with E-state index in [1.165, 1.54) is 0 Å². The molecule has 18 heavy (non-hydrogen) atoms. The molecule has 1 unspecified atom stereocenters. The fourth-order valence-electron chi connectivity index (χ4n) is 1.70. The first kappa shape index (κ1) is 12.8. The molecule has 0 aliphatic heterocycles. The predicted octanol–water partition coefficient (Wildman–Crippen LogP) is 5.15. The molecule has 0 aliphatic rings. The maximum Gasteiger partial charge on any atom is 0.187 e. The van der Waals surface area contributed by atoms with Crippen molar-refractivity contribution in [1.29, 1.82) is 0 Å². The van der Waals surface area contributed by atoms with Gasteiger partial charge in [-0.25, -0.2) is 4.85 Å². The van der Waals surface area contributed by atoms with Crippen LogP contribution in [0.3, 0.4) is 0 Å². The summed E-state index contributed by atoms with van der Waals surface area (Å²) in [5.41, 5.74) is 3.88. The number of alkyl halides is 1. The Balaban J connectivity index is 2.26. The lowest BCUT2D eigenvalue weighted by atomic mass is 10.1. The lowest BCUT2D eigenvalue weighted by Crippen LogP contribution is -1.92. The summed E-state index contributed by atoms with van der Waals surface area (Å²) in [4.78, 5) is 8.16. The summed E-state index contributed by atoms with van der Waals surface area (Å²) < 4.78 is 0. The second-order valence-electron chi connectivity index (χ2n) is 4.01. The average Bonchev–Trinajstić information content (AvgIpc) is 2.47. The van der Waals surface area contributed by atoms with Gasteiger partial charge in [-0.15, -0.1) is 0 Å². The molecule has 2 aromatic rings. The van der Waals surface area contributed by atoms with Crippen LogP contribution in [0.1, 0.15) is 23.9 Å². The number of nitrogens with zero attached hydrogens (tertiary/aromatic N) is 2. The lowest BCUT2D eigenvalue weighted by molar-refractivity contribution is 0.873. The van der Waals surface area contributed by atoms with Crippen molar-refractivity contribution in [1.82, 2.24) is 4.98 Å². The van der Waals surface area contributed by atoms with Crippen molar-refractivity contribution >= 4 is 21.6 Å². The summed E-state index contributed by atoms with van der Waals surface area (Å²) in [7, 11) is 0.